The molecular formula is C15H18N4O2S. The summed E-state index contributed by atoms with van der Waals surface area (Å²) in [6.07, 6.45) is 1.92. The number of rotatable bonds is 4. The van der Waals surface area contributed by atoms with Gasteiger partial charge in [-0.2, -0.15) is 5.26 Å². The van der Waals surface area contributed by atoms with E-state index in [-0.39, 0.29) is 6.04 Å². The van der Waals surface area contributed by atoms with Gasteiger partial charge in [0.1, 0.15) is 11.1 Å². The second-order valence-electron chi connectivity index (χ2n) is 5.37. The van der Waals surface area contributed by atoms with Crippen LogP contribution in [0, 0.1) is 25.2 Å². The lowest BCUT2D eigenvalue weighted by atomic mass is 10.1. The predicted octanol–water partition coefficient (Wildman–Crippen LogP) is 2.04. The molecule has 2 rings (SSSR count). The molecule has 0 aliphatic heterocycles. The average Bonchev–Trinajstić information content (AvgIpc) is 3.21. The monoisotopic (exact) mass is 318 g/mol. The van der Waals surface area contributed by atoms with Crippen molar-refractivity contribution in [3.8, 4) is 6.07 Å². The molecule has 1 unspecified atom stereocenters. The molecule has 22 heavy (non-hydrogen) atoms. The van der Waals surface area contributed by atoms with Gasteiger partial charge in [0, 0.05) is 11.7 Å². The van der Waals surface area contributed by atoms with Gasteiger partial charge in [0.2, 0.25) is 5.91 Å². The highest BCUT2D eigenvalue weighted by Crippen LogP contribution is 2.27. The molecule has 1 heterocycles. The van der Waals surface area contributed by atoms with Crippen molar-refractivity contribution in [2.24, 2.45) is 0 Å². The highest BCUT2D eigenvalue weighted by molar-refractivity contribution is 8.00. The Bertz CT molecular complexity index is 650. The Kier molecular flexibility index (Phi) is 5.03. The van der Waals surface area contributed by atoms with E-state index in [1.165, 1.54) is 11.8 Å². The highest BCUT2D eigenvalue weighted by atomic mass is 32.2. The Morgan fingerprint density at radius 1 is 1.45 bits per heavy atom. The molecule has 0 aromatic carbocycles. The van der Waals surface area contributed by atoms with Crippen LogP contribution in [0.25, 0.3) is 0 Å². The molecule has 3 amide bonds. The molecule has 116 valence electrons. The number of imide groups is 1. The number of pyridine rings is 1. The van der Waals surface area contributed by atoms with E-state index in [2.05, 4.69) is 21.7 Å². The molecule has 1 fully saturated rings. The molecule has 1 aliphatic rings. The van der Waals surface area contributed by atoms with Crippen LogP contribution in [0.3, 0.4) is 0 Å². The fourth-order valence-corrected chi connectivity index (χ4v) is 2.93. The van der Waals surface area contributed by atoms with E-state index in [4.69, 9.17) is 0 Å². The summed E-state index contributed by atoms with van der Waals surface area (Å²) < 4.78 is 0. The quantitative estimate of drug-likeness (QED) is 0.828. The molecule has 0 spiro atoms. The maximum Gasteiger partial charge on any atom is 0.321 e. The standard InChI is InChI=1S/C15H18N4O2S/c1-8-6-9(2)17-14(12(8)7-16)22-10(3)13(20)19-15(21)18-11-4-5-11/h6,10-11H,4-5H2,1-3H3,(H2,18,19,20,21). The third-order valence-corrected chi connectivity index (χ3v) is 4.32. The first-order valence-corrected chi connectivity index (χ1v) is 7.95. The van der Waals surface area contributed by atoms with Crippen molar-refractivity contribution < 1.29 is 9.59 Å². The summed E-state index contributed by atoms with van der Waals surface area (Å²) in [6.45, 7) is 5.36. The van der Waals surface area contributed by atoms with Gasteiger partial charge >= 0.3 is 6.03 Å². The van der Waals surface area contributed by atoms with Crippen LogP contribution in [0.1, 0.15) is 36.6 Å². The van der Waals surface area contributed by atoms with Gasteiger partial charge in [-0.3, -0.25) is 10.1 Å². The van der Waals surface area contributed by atoms with Crippen LogP contribution >= 0.6 is 11.8 Å². The number of urea groups is 1. The average molecular weight is 318 g/mol. The van der Waals surface area contributed by atoms with Crippen LogP contribution < -0.4 is 10.6 Å². The zero-order valence-corrected chi connectivity index (χ0v) is 13.6. The lowest BCUT2D eigenvalue weighted by Crippen LogP contribution is -2.43. The van der Waals surface area contributed by atoms with E-state index in [0.29, 0.717) is 10.6 Å². The highest BCUT2D eigenvalue weighted by Gasteiger charge is 2.25. The molecule has 1 aromatic heterocycles. The Morgan fingerprint density at radius 3 is 2.73 bits per heavy atom. The molecule has 7 heteroatoms. The zero-order valence-electron chi connectivity index (χ0n) is 12.8. The summed E-state index contributed by atoms with van der Waals surface area (Å²) in [5, 5.41) is 14.2. The Morgan fingerprint density at radius 2 is 2.14 bits per heavy atom. The summed E-state index contributed by atoms with van der Waals surface area (Å²) in [7, 11) is 0. The van der Waals surface area contributed by atoms with Crippen molar-refractivity contribution in [1.29, 1.82) is 5.26 Å². The first-order chi connectivity index (χ1) is 10.4. The van der Waals surface area contributed by atoms with Crippen LogP contribution in [-0.2, 0) is 4.79 Å². The van der Waals surface area contributed by atoms with Crippen LogP contribution in [0.4, 0.5) is 4.79 Å². The summed E-state index contributed by atoms with van der Waals surface area (Å²) in [4.78, 5) is 27.9. The van der Waals surface area contributed by atoms with Crippen LogP contribution in [0.2, 0.25) is 0 Å². The number of amides is 3. The molecule has 6 nitrogen and oxygen atoms in total. The minimum Gasteiger partial charge on any atom is -0.335 e. The first-order valence-electron chi connectivity index (χ1n) is 7.07. The number of aryl methyl sites for hydroxylation is 2. The van der Waals surface area contributed by atoms with Gasteiger partial charge in [0.25, 0.3) is 0 Å². The largest absolute Gasteiger partial charge is 0.335 e. The van der Waals surface area contributed by atoms with Crippen molar-refractivity contribution in [1.82, 2.24) is 15.6 Å². The number of carbonyl (C=O) groups is 2. The number of thioether (sulfide) groups is 1. The van der Waals surface area contributed by atoms with E-state index in [0.717, 1.165) is 24.1 Å². The minimum atomic E-state index is -0.522. The maximum atomic E-state index is 12.0. The zero-order chi connectivity index (χ0) is 16.3. The normalized spacial score (nSPS) is 14.8. The Hall–Kier alpha value is -2.07. The van der Waals surface area contributed by atoms with Crippen molar-refractivity contribution in [3.05, 3.63) is 22.9 Å². The molecule has 0 radical (unpaired) electrons. The van der Waals surface area contributed by atoms with Gasteiger partial charge in [-0.15, -0.1) is 0 Å². The number of nitrogens with zero attached hydrogens (tertiary/aromatic N) is 2. The van der Waals surface area contributed by atoms with Crippen molar-refractivity contribution in [2.45, 2.75) is 49.9 Å². The number of nitriles is 1. The van der Waals surface area contributed by atoms with Gasteiger partial charge in [0.05, 0.1) is 10.8 Å². The van der Waals surface area contributed by atoms with Crippen LogP contribution in [-0.4, -0.2) is 28.2 Å². The molecule has 1 aromatic rings. The van der Waals surface area contributed by atoms with E-state index in [1.54, 1.807) is 6.92 Å². The van der Waals surface area contributed by atoms with Gasteiger partial charge in [-0.25, -0.2) is 9.78 Å². The summed E-state index contributed by atoms with van der Waals surface area (Å²) >= 11 is 1.18. The maximum absolute atomic E-state index is 12.0. The smallest absolute Gasteiger partial charge is 0.321 e. The van der Waals surface area contributed by atoms with Crippen molar-refractivity contribution in [2.75, 3.05) is 0 Å². The van der Waals surface area contributed by atoms with E-state index >= 15 is 0 Å². The lowest BCUT2D eigenvalue weighted by molar-refractivity contribution is -0.119. The van der Waals surface area contributed by atoms with Crippen LogP contribution in [0.5, 0.6) is 0 Å². The van der Waals surface area contributed by atoms with Crippen molar-refractivity contribution in [3.63, 3.8) is 0 Å². The molecular weight excluding hydrogens is 300 g/mol. The van der Waals surface area contributed by atoms with Gasteiger partial charge in [0.15, 0.2) is 0 Å². The third kappa shape index (κ3) is 4.21. The fraction of sp³-hybridized carbons (Fsp3) is 0.467. The first kappa shape index (κ1) is 16.3. The van der Waals surface area contributed by atoms with E-state index in [9.17, 15) is 14.9 Å². The van der Waals surface area contributed by atoms with Crippen molar-refractivity contribution >= 4 is 23.7 Å². The molecule has 0 saturated heterocycles. The summed E-state index contributed by atoms with van der Waals surface area (Å²) in [5.74, 6) is -0.395. The second kappa shape index (κ2) is 6.79. The van der Waals surface area contributed by atoms with E-state index < -0.39 is 17.2 Å². The van der Waals surface area contributed by atoms with E-state index in [1.807, 2.05) is 19.9 Å². The molecule has 1 aliphatic carbocycles. The Balaban J connectivity index is 2.01. The number of aromatic nitrogens is 1. The molecule has 1 atom stereocenters. The minimum absolute atomic E-state index is 0.196. The summed E-state index contributed by atoms with van der Waals surface area (Å²) in [5.41, 5.74) is 2.09. The number of carbonyl (C=O) groups excluding carboxylic acids is 2. The molecule has 1 saturated carbocycles. The van der Waals surface area contributed by atoms with Crippen LogP contribution in [0.15, 0.2) is 11.1 Å². The second-order valence-corrected chi connectivity index (χ2v) is 6.70. The van der Waals surface area contributed by atoms with Gasteiger partial charge in [-0.1, -0.05) is 11.8 Å². The third-order valence-electron chi connectivity index (χ3n) is 3.23. The number of hydrogen-bond donors (Lipinski definition) is 2. The predicted molar refractivity (Wildman–Crippen MR) is 83.4 cm³/mol. The Labute approximate surface area is 133 Å². The molecule has 0 bridgehead atoms. The molecule has 2 N–H and O–H groups in total. The summed E-state index contributed by atoms with van der Waals surface area (Å²) in [6, 6.07) is 3.68. The number of hydrogen-bond acceptors (Lipinski definition) is 5. The fourth-order valence-electron chi connectivity index (χ4n) is 1.91. The lowest BCUT2D eigenvalue weighted by Gasteiger charge is -2.13. The van der Waals surface area contributed by atoms with Gasteiger partial charge < -0.3 is 5.32 Å². The number of nitrogens with one attached hydrogen (secondary N) is 2. The topological polar surface area (TPSA) is 94.9 Å². The SMILES string of the molecule is Cc1cc(C)c(C#N)c(SC(C)C(=O)NC(=O)NC2CC2)n1. The van der Waals surface area contributed by atoms with Gasteiger partial charge in [-0.05, 0) is 45.2 Å².